The van der Waals surface area contributed by atoms with Gasteiger partial charge < -0.3 is 19.6 Å². The van der Waals surface area contributed by atoms with Crippen LogP contribution in [0.15, 0.2) is 52.3 Å². The number of nitrogens with zero attached hydrogens (tertiary/aromatic N) is 1. The topological polar surface area (TPSA) is 126 Å². The summed E-state index contributed by atoms with van der Waals surface area (Å²) in [5.74, 6) is -1.46. The number of fused-ring (bicyclic) bond motifs is 9. The Morgan fingerprint density at radius 3 is 2.46 bits per heavy atom. The Balaban J connectivity index is 1.26. The first-order chi connectivity index (χ1) is 19.8. The molecule has 2 amide bonds. The number of carbonyl (C=O) groups is 3. The van der Waals surface area contributed by atoms with E-state index in [1.54, 1.807) is 49.0 Å². The maximum atomic E-state index is 14.0. The molecule has 6 unspecified atom stereocenters. The molecule has 1 aromatic heterocycles. The number of ether oxygens (including phenoxy) is 2. The number of rotatable bonds is 6. The van der Waals surface area contributed by atoms with E-state index in [2.05, 4.69) is 4.98 Å². The van der Waals surface area contributed by atoms with Crippen molar-refractivity contribution in [2.75, 3.05) is 18.1 Å². The fourth-order valence-electron chi connectivity index (χ4n) is 7.60. The lowest BCUT2D eigenvalue weighted by atomic mass is 9.68. The number of phenols is 1. The van der Waals surface area contributed by atoms with Crippen molar-refractivity contribution >= 4 is 46.6 Å². The highest BCUT2D eigenvalue weighted by Gasteiger charge is 2.69. The molecule has 2 N–H and O–H groups in total. The van der Waals surface area contributed by atoms with Gasteiger partial charge in [-0.3, -0.25) is 19.3 Å². The van der Waals surface area contributed by atoms with Crippen molar-refractivity contribution in [2.45, 2.75) is 36.5 Å². The fourth-order valence-corrected chi connectivity index (χ4v) is 10.5. The number of benzene rings is 2. The Hall–Kier alpha value is -3.57. The molecule has 7 atom stereocenters. The van der Waals surface area contributed by atoms with Gasteiger partial charge in [-0.1, -0.05) is 17.4 Å². The van der Waals surface area contributed by atoms with Crippen LogP contribution < -0.4 is 14.5 Å². The van der Waals surface area contributed by atoms with Crippen LogP contribution in [-0.4, -0.2) is 46.3 Å². The summed E-state index contributed by atoms with van der Waals surface area (Å²) in [6, 6.07) is 11.7. The molecule has 2 aliphatic heterocycles. The molecule has 9 nitrogen and oxygen atoms in total. The van der Waals surface area contributed by atoms with Gasteiger partial charge in [0.2, 0.25) is 11.8 Å². The fraction of sp³-hybridized carbons (Fsp3) is 0.400. The maximum absolute atomic E-state index is 14.0. The molecule has 0 spiro atoms. The van der Waals surface area contributed by atoms with E-state index in [0.29, 0.717) is 23.6 Å². The molecule has 41 heavy (non-hydrogen) atoms. The number of aromatic nitrogens is 1. The van der Waals surface area contributed by atoms with Gasteiger partial charge in [-0.05, 0) is 80.0 Å². The van der Waals surface area contributed by atoms with Crippen molar-refractivity contribution in [1.29, 1.82) is 0 Å². The summed E-state index contributed by atoms with van der Waals surface area (Å²) in [6.07, 6.45) is 0.775. The average molecular weight is 593 g/mol. The molecule has 7 rings (SSSR count). The van der Waals surface area contributed by atoms with Crippen molar-refractivity contribution in [3.8, 4) is 11.5 Å². The van der Waals surface area contributed by atoms with Crippen LogP contribution in [0.4, 0.5) is 5.69 Å². The van der Waals surface area contributed by atoms with Crippen LogP contribution in [0.3, 0.4) is 0 Å². The lowest BCUT2D eigenvalue weighted by Gasteiger charge is -2.43. The highest BCUT2D eigenvalue weighted by atomic mass is 32.2. The van der Waals surface area contributed by atoms with Crippen molar-refractivity contribution in [2.24, 2.45) is 29.6 Å². The number of hydrogen-bond acceptors (Lipinski definition) is 9. The summed E-state index contributed by atoms with van der Waals surface area (Å²) in [4.78, 5) is 57.5. The monoisotopic (exact) mass is 592 g/mol. The van der Waals surface area contributed by atoms with Crippen LogP contribution in [0.25, 0.3) is 0 Å². The Bertz CT molecular complexity index is 1630. The summed E-state index contributed by atoms with van der Waals surface area (Å²) in [7, 11) is 0. The number of nitrogens with one attached hydrogen (secondary N) is 1. The van der Waals surface area contributed by atoms with Gasteiger partial charge >= 0.3 is 10.8 Å². The van der Waals surface area contributed by atoms with Gasteiger partial charge in [0, 0.05) is 16.0 Å². The van der Waals surface area contributed by atoms with Crippen LogP contribution in [0.2, 0.25) is 0 Å². The second-order valence-electron chi connectivity index (χ2n) is 10.9. The molecule has 0 radical (unpaired) electrons. The molecule has 1 saturated heterocycles. The Kier molecular flexibility index (Phi) is 6.27. The standard InChI is InChI=1S/C30H28N2O7S2/c1-3-38-19-11-14(7-10-18(19)33)20-21-16-12-17(24(21)40-26-25(20)41-30(37)31-26)23-22(16)27(34)32(28(23)35)15-8-5-13(6-9-15)29(36)39-4-2/h5-11,16-17,20-24,33H,3-4,12H2,1-2H3,(H,31,37)/t16?,17?,20-,21?,22?,23?,24?/m1/s1. The number of imide groups is 1. The highest BCUT2D eigenvalue weighted by molar-refractivity contribution is 8.00. The highest BCUT2D eigenvalue weighted by Crippen LogP contribution is 2.68. The number of thiazole rings is 1. The van der Waals surface area contributed by atoms with E-state index in [1.807, 2.05) is 19.1 Å². The summed E-state index contributed by atoms with van der Waals surface area (Å²) in [6.45, 7) is 4.24. The van der Waals surface area contributed by atoms with Gasteiger partial charge in [-0.15, -0.1) is 11.8 Å². The minimum atomic E-state index is -0.451. The molecule has 2 aromatic carbocycles. The minimum absolute atomic E-state index is 0.0113. The largest absolute Gasteiger partial charge is 0.504 e. The third-order valence-electron chi connectivity index (χ3n) is 9.00. The van der Waals surface area contributed by atoms with Crippen LogP contribution in [0.1, 0.15) is 47.0 Å². The first-order valence-electron chi connectivity index (χ1n) is 13.8. The van der Waals surface area contributed by atoms with Gasteiger partial charge in [-0.2, -0.15) is 0 Å². The zero-order valence-electron chi connectivity index (χ0n) is 22.4. The summed E-state index contributed by atoms with van der Waals surface area (Å²) in [5.41, 5.74) is 1.74. The quantitative estimate of drug-likeness (QED) is 0.319. The number of anilines is 1. The number of esters is 1. The Labute approximate surface area is 243 Å². The van der Waals surface area contributed by atoms with E-state index in [4.69, 9.17) is 9.47 Å². The summed E-state index contributed by atoms with van der Waals surface area (Å²) < 4.78 is 10.7. The second kappa shape index (κ2) is 9.77. The van der Waals surface area contributed by atoms with E-state index in [0.717, 1.165) is 21.9 Å². The number of hydrogen-bond donors (Lipinski definition) is 2. The van der Waals surface area contributed by atoms with Gasteiger partial charge in [0.25, 0.3) is 0 Å². The van der Waals surface area contributed by atoms with Crippen LogP contribution >= 0.6 is 23.1 Å². The first-order valence-corrected chi connectivity index (χ1v) is 15.5. The minimum Gasteiger partial charge on any atom is -0.504 e. The number of phenolic OH excluding ortho intramolecular Hbond substituents is 1. The molecule has 3 heterocycles. The van der Waals surface area contributed by atoms with E-state index < -0.39 is 17.8 Å². The van der Waals surface area contributed by atoms with E-state index in [-0.39, 0.29) is 58.0 Å². The number of aromatic amines is 1. The number of aromatic hydroxyl groups is 1. The lowest BCUT2D eigenvalue weighted by Crippen LogP contribution is -2.42. The number of amides is 2. The van der Waals surface area contributed by atoms with Crippen LogP contribution in [0.5, 0.6) is 11.5 Å². The van der Waals surface area contributed by atoms with E-state index in [1.165, 1.54) is 16.2 Å². The lowest BCUT2D eigenvalue weighted by molar-refractivity contribution is -0.123. The Morgan fingerprint density at radius 2 is 1.76 bits per heavy atom. The molecule has 212 valence electrons. The van der Waals surface area contributed by atoms with Gasteiger partial charge in [0.15, 0.2) is 11.5 Å². The predicted molar refractivity (Wildman–Crippen MR) is 153 cm³/mol. The summed E-state index contributed by atoms with van der Waals surface area (Å²) in [5, 5.41) is 11.2. The number of carbonyl (C=O) groups excluding carboxylic acids is 3. The normalized spacial score (nSPS) is 29.3. The first kappa shape index (κ1) is 26.3. The van der Waals surface area contributed by atoms with Gasteiger partial charge in [-0.25, -0.2) is 4.79 Å². The van der Waals surface area contributed by atoms with Gasteiger partial charge in [0.1, 0.15) is 0 Å². The van der Waals surface area contributed by atoms with E-state index >= 15 is 0 Å². The number of H-pyrrole nitrogens is 1. The zero-order chi connectivity index (χ0) is 28.6. The predicted octanol–water partition coefficient (Wildman–Crippen LogP) is 4.40. The third-order valence-corrected chi connectivity index (χ3v) is 11.6. The molecule has 11 heteroatoms. The average Bonchev–Trinajstić information content (AvgIpc) is 3.69. The molecule has 2 bridgehead atoms. The molecule has 3 aromatic rings. The number of thioether (sulfide) groups is 1. The van der Waals surface area contributed by atoms with Crippen molar-refractivity contribution < 1.29 is 29.0 Å². The van der Waals surface area contributed by atoms with Crippen LogP contribution in [0, 0.1) is 29.6 Å². The molecular formula is C30H28N2O7S2. The van der Waals surface area contributed by atoms with Gasteiger partial charge in [0.05, 0.1) is 41.3 Å². The van der Waals surface area contributed by atoms with Crippen LogP contribution in [-0.2, 0) is 14.3 Å². The zero-order valence-corrected chi connectivity index (χ0v) is 24.0. The molecule has 2 saturated carbocycles. The van der Waals surface area contributed by atoms with Crippen molar-refractivity contribution in [1.82, 2.24) is 4.98 Å². The molecular weight excluding hydrogens is 564 g/mol. The SMILES string of the molecule is CCOC(=O)c1ccc(N2C(=O)C3C4CC(C3C2=O)C2C4Sc3[nH]c(=O)sc3[C@@H]2c2ccc(O)c(OCC)c2)cc1. The maximum Gasteiger partial charge on any atom is 0.338 e. The second-order valence-corrected chi connectivity index (χ2v) is 13.1. The smallest absolute Gasteiger partial charge is 0.338 e. The third kappa shape index (κ3) is 3.89. The van der Waals surface area contributed by atoms with Crippen molar-refractivity contribution in [3.05, 3.63) is 68.1 Å². The molecule has 4 aliphatic rings. The Morgan fingerprint density at radius 1 is 1.02 bits per heavy atom. The summed E-state index contributed by atoms with van der Waals surface area (Å²) >= 11 is 2.82. The van der Waals surface area contributed by atoms with Crippen molar-refractivity contribution in [3.63, 3.8) is 0 Å². The van der Waals surface area contributed by atoms with E-state index in [9.17, 15) is 24.3 Å². The molecule has 2 aliphatic carbocycles. The molecule has 3 fully saturated rings.